The lowest BCUT2D eigenvalue weighted by Gasteiger charge is -2.42. The minimum absolute atomic E-state index is 0.000255. The van der Waals surface area contributed by atoms with Crippen molar-refractivity contribution in [3.05, 3.63) is 33.8 Å². The molecule has 0 heterocycles. The van der Waals surface area contributed by atoms with E-state index in [-0.39, 0.29) is 10.2 Å². The van der Waals surface area contributed by atoms with E-state index < -0.39 is 11.4 Å². The highest BCUT2D eigenvalue weighted by molar-refractivity contribution is 9.10. The molecule has 2 aliphatic rings. The predicted molar refractivity (Wildman–Crippen MR) is 113 cm³/mol. The van der Waals surface area contributed by atoms with Crippen molar-refractivity contribution in [1.29, 1.82) is 0 Å². The summed E-state index contributed by atoms with van der Waals surface area (Å²) in [5.74, 6) is 0.528. The molecule has 3 rings (SSSR count). The maximum Gasteiger partial charge on any atom is 0.144 e. The maximum absolute atomic E-state index is 12.9. The predicted octanol–water partition coefficient (Wildman–Crippen LogP) is 5.47. The molecule has 0 aliphatic heterocycles. The molecule has 2 aliphatic carbocycles. The molecule has 3 nitrogen and oxygen atoms in total. The number of nitrogens with zero attached hydrogens (tertiary/aromatic N) is 1. The number of halogens is 1. The Balaban J connectivity index is 2.06. The molecule has 0 bridgehead atoms. The van der Waals surface area contributed by atoms with Crippen molar-refractivity contribution < 1.29 is 9.29 Å². The van der Waals surface area contributed by atoms with Gasteiger partial charge < -0.3 is 9.29 Å². The van der Waals surface area contributed by atoms with Crippen molar-refractivity contribution in [2.75, 3.05) is 7.11 Å². The molecule has 144 valence electrons. The van der Waals surface area contributed by atoms with Gasteiger partial charge in [0.05, 0.1) is 6.10 Å². The van der Waals surface area contributed by atoms with E-state index >= 15 is 0 Å². The van der Waals surface area contributed by atoms with Gasteiger partial charge in [-0.15, -0.1) is 0 Å². The van der Waals surface area contributed by atoms with Crippen LogP contribution in [0, 0.1) is 11.3 Å². The van der Waals surface area contributed by atoms with Gasteiger partial charge in [0.25, 0.3) is 0 Å². The number of rotatable bonds is 3. The molecular formula is C21H30BrNO2S. The monoisotopic (exact) mass is 439 g/mol. The van der Waals surface area contributed by atoms with Crippen LogP contribution in [0.3, 0.4) is 0 Å². The first kappa shape index (κ1) is 20.4. The molecule has 26 heavy (non-hydrogen) atoms. The van der Waals surface area contributed by atoms with Crippen molar-refractivity contribution in [2.45, 2.75) is 70.7 Å². The lowest BCUT2D eigenvalue weighted by Crippen LogP contribution is -2.42. The van der Waals surface area contributed by atoms with Crippen LogP contribution in [0.25, 0.3) is 0 Å². The van der Waals surface area contributed by atoms with Crippen molar-refractivity contribution in [1.82, 2.24) is 0 Å². The largest absolute Gasteiger partial charge is 0.591 e. The quantitative estimate of drug-likeness (QED) is 0.586. The summed E-state index contributed by atoms with van der Waals surface area (Å²) < 4.78 is 24.2. The number of ether oxygens (including phenoxy) is 1. The van der Waals surface area contributed by atoms with Crippen LogP contribution in [-0.4, -0.2) is 28.2 Å². The highest BCUT2D eigenvalue weighted by atomic mass is 79.9. The Kier molecular flexibility index (Phi) is 5.94. The van der Waals surface area contributed by atoms with Crippen LogP contribution in [0.15, 0.2) is 27.1 Å². The molecule has 1 spiro atoms. The molecule has 1 saturated carbocycles. The maximum atomic E-state index is 12.9. The lowest BCUT2D eigenvalue weighted by molar-refractivity contribution is -0.00383. The van der Waals surface area contributed by atoms with Gasteiger partial charge in [-0.3, -0.25) is 0 Å². The van der Waals surface area contributed by atoms with Gasteiger partial charge in [0, 0.05) is 22.6 Å². The highest BCUT2D eigenvalue weighted by Crippen LogP contribution is 2.51. The minimum Gasteiger partial charge on any atom is -0.591 e. The van der Waals surface area contributed by atoms with Crippen LogP contribution < -0.4 is 0 Å². The van der Waals surface area contributed by atoms with Gasteiger partial charge in [-0.25, -0.2) is 0 Å². The molecule has 1 aromatic carbocycles. The number of methoxy groups -OCH3 is 1. The molecule has 1 unspecified atom stereocenters. The molecule has 0 amide bonds. The Bertz CT molecular complexity index is 700. The SMILES string of the molecule is CC[C@@H]1C[C@]2(CC[C@H]1OC)Cc1ccc(Br)cc1/C2=N/[S+]([O-])C(C)(C)C. The van der Waals surface area contributed by atoms with Crippen LogP contribution in [-0.2, 0) is 22.5 Å². The first-order valence-corrected chi connectivity index (χ1v) is 11.4. The molecule has 1 fully saturated rings. The number of fused-ring (bicyclic) bond motifs is 1. The first-order valence-electron chi connectivity index (χ1n) is 9.53. The number of hydrogen-bond acceptors (Lipinski definition) is 3. The summed E-state index contributed by atoms with van der Waals surface area (Å²) in [7, 11) is 1.83. The van der Waals surface area contributed by atoms with Gasteiger partial charge >= 0.3 is 0 Å². The number of benzene rings is 1. The minimum atomic E-state index is -1.25. The molecule has 4 atom stereocenters. The second kappa shape index (κ2) is 7.57. The summed E-state index contributed by atoms with van der Waals surface area (Å²) in [5, 5.41) is 0. The summed E-state index contributed by atoms with van der Waals surface area (Å²) in [4.78, 5) is 0. The highest BCUT2D eigenvalue weighted by Gasteiger charge is 2.50. The molecular weight excluding hydrogens is 410 g/mol. The van der Waals surface area contributed by atoms with Crippen molar-refractivity contribution in [3.8, 4) is 0 Å². The van der Waals surface area contributed by atoms with E-state index in [0.717, 1.165) is 42.3 Å². The van der Waals surface area contributed by atoms with Crippen molar-refractivity contribution >= 4 is 33.0 Å². The van der Waals surface area contributed by atoms with Crippen LogP contribution in [0.5, 0.6) is 0 Å². The average molecular weight is 440 g/mol. The third-order valence-electron chi connectivity index (χ3n) is 5.97. The van der Waals surface area contributed by atoms with E-state index in [0.29, 0.717) is 12.0 Å². The molecule has 0 aromatic heterocycles. The number of hydrogen-bond donors (Lipinski definition) is 0. The zero-order valence-corrected chi connectivity index (χ0v) is 18.9. The Labute approximate surface area is 169 Å². The molecule has 0 saturated heterocycles. The fourth-order valence-electron chi connectivity index (χ4n) is 4.51. The third-order valence-corrected chi connectivity index (χ3v) is 7.86. The fraction of sp³-hybridized carbons (Fsp3) is 0.667. The molecule has 5 heteroatoms. The topological polar surface area (TPSA) is 44.6 Å². The van der Waals surface area contributed by atoms with Crippen LogP contribution in [0.4, 0.5) is 0 Å². The zero-order chi connectivity index (χ0) is 19.1. The van der Waals surface area contributed by atoms with E-state index in [1.165, 1.54) is 11.1 Å². The van der Waals surface area contributed by atoms with Gasteiger partial charge in [0.1, 0.15) is 21.8 Å². The van der Waals surface area contributed by atoms with Gasteiger partial charge in [0.15, 0.2) is 0 Å². The van der Waals surface area contributed by atoms with Gasteiger partial charge in [-0.1, -0.05) is 39.7 Å². The average Bonchev–Trinajstić information content (AvgIpc) is 2.86. The zero-order valence-electron chi connectivity index (χ0n) is 16.5. The normalized spacial score (nSPS) is 31.4. The molecule has 1 aromatic rings. The summed E-state index contributed by atoms with van der Waals surface area (Å²) in [6, 6.07) is 6.47. The Morgan fingerprint density at radius 1 is 1.38 bits per heavy atom. The summed E-state index contributed by atoms with van der Waals surface area (Å²) in [5.41, 5.74) is 3.58. The van der Waals surface area contributed by atoms with Crippen LogP contribution in [0.1, 0.15) is 64.5 Å². The lowest BCUT2D eigenvalue weighted by atomic mass is 9.65. The Morgan fingerprint density at radius 2 is 2.12 bits per heavy atom. The Morgan fingerprint density at radius 3 is 2.73 bits per heavy atom. The second-order valence-corrected chi connectivity index (χ2v) is 11.6. The molecule has 0 N–H and O–H groups in total. The van der Waals surface area contributed by atoms with Gasteiger partial charge in [-0.2, -0.15) is 0 Å². The van der Waals surface area contributed by atoms with E-state index in [4.69, 9.17) is 9.13 Å². The van der Waals surface area contributed by atoms with E-state index in [1.807, 2.05) is 27.9 Å². The Hall–Kier alpha value is -0.360. The van der Waals surface area contributed by atoms with Gasteiger partial charge in [0.2, 0.25) is 0 Å². The summed E-state index contributed by atoms with van der Waals surface area (Å²) in [6.45, 7) is 8.23. The fourth-order valence-corrected chi connectivity index (χ4v) is 5.60. The van der Waals surface area contributed by atoms with Crippen molar-refractivity contribution in [3.63, 3.8) is 0 Å². The van der Waals surface area contributed by atoms with Crippen molar-refractivity contribution in [2.24, 2.45) is 15.7 Å². The summed E-state index contributed by atoms with van der Waals surface area (Å²) >= 11 is 2.35. The standard InChI is InChI=1S/C21H30BrNO2S/c1-6-14-12-21(10-9-18(14)25-5)13-15-7-8-16(22)11-17(15)19(21)23-26(24)20(2,3)4/h7-8,11,14,18H,6,9-10,12-13H2,1-5H3/b23-19-/t14-,18-,21-,26?/m1/s1. The van der Waals surface area contributed by atoms with Crippen LogP contribution in [0.2, 0.25) is 0 Å². The van der Waals surface area contributed by atoms with Gasteiger partial charge in [-0.05, 0) is 70.1 Å². The van der Waals surface area contributed by atoms with E-state index in [9.17, 15) is 4.55 Å². The van der Waals surface area contributed by atoms with Crippen LogP contribution >= 0.6 is 15.9 Å². The summed E-state index contributed by atoms with van der Waals surface area (Å²) in [6.07, 6.45) is 5.60. The van der Waals surface area contributed by atoms with E-state index in [2.05, 4.69) is 41.1 Å². The third kappa shape index (κ3) is 3.78. The molecule has 0 radical (unpaired) electrons. The smallest absolute Gasteiger partial charge is 0.144 e. The first-order chi connectivity index (χ1) is 12.2. The second-order valence-electron chi connectivity index (χ2n) is 8.75. The van der Waals surface area contributed by atoms with E-state index in [1.54, 1.807) is 0 Å².